The molecule has 2 aliphatic heterocycles. The second kappa shape index (κ2) is 12.5. The van der Waals surface area contributed by atoms with Crippen molar-refractivity contribution in [1.29, 1.82) is 0 Å². The van der Waals surface area contributed by atoms with Crippen LogP contribution in [0.25, 0.3) is 0 Å². The Morgan fingerprint density at radius 2 is 1.65 bits per heavy atom. The van der Waals surface area contributed by atoms with Gasteiger partial charge in [-0.2, -0.15) is 0 Å². The Bertz CT molecular complexity index is 1480. The Balaban J connectivity index is 1.31. The average Bonchev–Trinajstić information content (AvgIpc) is 3.58. The molecule has 3 aromatic carbocycles. The van der Waals surface area contributed by atoms with Crippen LogP contribution in [0.1, 0.15) is 60.9 Å². The average molecular weight is 605 g/mol. The fourth-order valence-electron chi connectivity index (χ4n) is 6.34. The summed E-state index contributed by atoms with van der Waals surface area (Å²) in [5.74, 6) is 0.366. The summed E-state index contributed by atoms with van der Waals surface area (Å²) in [4.78, 5) is 28.6. The number of rotatable bonds is 11. The van der Waals surface area contributed by atoms with E-state index in [1.807, 2.05) is 73.3 Å². The molecule has 0 unspecified atom stereocenters. The Morgan fingerprint density at radius 3 is 2.30 bits per heavy atom. The van der Waals surface area contributed by atoms with Crippen molar-refractivity contribution in [3.63, 3.8) is 0 Å². The van der Waals surface area contributed by atoms with Gasteiger partial charge in [-0.25, -0.2) is 0 Å². The summed E-state index contributed by atoms with van der Waals surface area (Å²) < 4.78 is 17.0. The molecule has 43 heavy (non-hydrogen) atoms. The zero-order valence-electron chi connectivity index (χ0n) is 24.5. The number of carboxylic acids is 1. The second-order valence-electron chi connectivity index (χ2n) is 11.6. The maximum atomic E-state index is 13.7. The van der Waals surface area contributed by atoms with Gasteiger partial charge in [-0.05, 0) is 90.3 Å². The fourth-order valence-corrected chi connectivity index (χ4v) is 6.60. The Kier molecular flexibility index (Phi) is 8.50. The first-order valence-electron chi connectivity index (χ1n) is 15.0. The maximum Gasteiger partial charge on any atom is 0.309 e. The number of benzene rings is 3. The standard InChI is InChI=1S/C34H37ClN2O6/c1-3-21-13-25(35)14-22(4-2)32(21)36-30(38)17-37-16-27(24-9-12-28-29(15-24)43-19-42-28)31(34(39)40)33(37)23-7-10-26(11-8-23)41-18-20-5-6-20/h7-15,20,27,31,33H,3-6,16-19H2,1-2H3,(H,36,38)(H,39,40)/t27-,31-,33+/m1/s1. The minimum atomic E-state index is -0.913. The van der Waals surface area contributed by atoms with Crippen LogP contribution in [0.2, 0.25) is 5.02 Å². The molecule has 1 amide bonds. The number of hydrogen-bond donors (Lipinski definition) is 2. The first-order valence-corrected chi connectivity index (χ1v) is 15.4. The summed E-state index contributed by atoms with van der Waals surface area (Å²) in [6.45, 7) is 5.32. The molecule has 2 fully saturated rings. The molecule has 0 bridgehead atoms. The molecule has 8 nitrogen and oxygen atoms in total. The SMILES string of the molecule is CCc1cc(Cl)cc(CC)c1NC(=O)CN1C[C@H](c2ccc3c(c2)OCO3)[C@@H](C(=O)O)[C@@H]1c1ccc(OCC2CC2)cc1. The zero-order chi connectivity index (χ0) is 30.1. The molecule has 1 saturated heterocycles. The minimum Gasteiger partial charge on any atom is -0.493 e. The van der Waals surface area contributed by atoms with Gasteiger partial charge in [-0.3, -0.25) is 14.5 Å². The monoisotopic (exact) mass is 604 g/mol. The van der Waals surface area contributed by atoms with E-state index >= 15 is 0 Å². The third-order valence-electron chi connectivity index (χ3n) is 8.75. The summed E-state index contributed by atoms with van der Waals surface area (Å²) in [6.07, 6.45) is 3.85. The molecule has 2 N–H and O–H groups in total. The Morgan fingerprint density at radius 1 is 0.977 bits per heavy atom. The van der Waals surface area contributed by atoms with E-state index in [0.29, 0.717) is 35.6 Å². The predicted octanol–water partition coefficient (Wildman–Crippen LogP) is 6.46. The molecule has 0 aromatic heterocycles. The summed E-state index contributed by atoms with van der Waals surface area (Å²) in [5, 5.41) is 14.4. The van der Waals surface area contributed by atoms with Crippen molar-refractivity contribution in [1.82, 2.24) is 4.90 Å². The van der Waals surface area contributed by atoms with E-state index in [2.05, 4.69) is 5.32 Å². The number of nitrogens with one attached hydrogen (secondary N) is 1. The number of carbonyl (C=O) groups excluding carboxylic acids is 1. The number of hydrogen-bond acceptors (Lipinski definition) is 6. The molecular formula is C34H37ClN2O6. The van der Waals surface area contributed by atoms with Crippen molar-refractivity contribution in [3.05, 3.63) is 81.9 Å². The number of ether oxygens (including phenoxy) is 3. The molecule has 1 aliphatic carbocycles. The van der Waals surface area contributed by atoms with E-state index < -0.39 is 17.9 Å². The second-order valence-corrected chi connectivity index (χ2v) is 12.1. The summed E-state index contributed by atoms with van der Waals surface area (Å²) in [5.41, 5.74) is 4.40. The van der Waals surface area contributed by atoms with E-state index in [-0.39, 0.29) is 25.2 Å². The van der Waals surface area contributed by atoms with Crippen LogP contribution >= 0.6 is 11.6 Å². The van der Waals surface area contributed by atoms with Crippen LogP contribution in [0.5, 0.6) is 17.2 Å². The highest BCUT2D eigenvalue weighted by Crippen LogP contribution is 2.48. The number of halogens is 1. The first kappa shape index (κ1) is 29.3. The Labute approximate surface area is 256 Å². The van der Waals surface area contributed by atoms with E-state index in [4.69, 9.17) is 25.8 Å². The third kappa shape index (κ3) is 6.31. The molecule has 3 aromatic rings. The molecule has 0 radical (unpaired) electrons. The van der Waals surface area contributed by atoms with E-state index in [0.717, 1.165) is 46.5 Å². The van der Waals surface area contributed by atoms with Crippen molar-refractivity contribution in [2.24, 2.45) is 11.8 Å². The van der Waals surface area contributed by atoms with Gasteiger partial charge in [0.2, 0.25) is 12.7 Å². The topological polar surface area (TPSA) is 97.3 Å². The van der Waals surface area contributed by atoms with Crippen LogP contribution in [0.4, 0.5) is 5.69 Å². The molecule has 226 valence electrons. The number of anilines is 1. The molecule has 6 rings (SSSR count). The van der Waals surface area contributed by atoms with Gasteiger partial charge in [0.25, 0.3) is 0 Å². The molecule has 1 saturated carbocycles. The van der Waals surface area contributed by atoms with Gasteiger partial charge >= 0.3 is 5.97 Å². The quantitative estimate of drug-likeness (QED) is 0.259. The highest BCUT2D eigenvalue weighted by atomic mass is 35.5. The van der Waals surface area contributed by atoms with Crippen molar-refractivity contribution < 1.29 is 28.9 Å². The lowest BCUT2D eigenvalue weighted by atomic mass is 9.82. The number of carbonyl (C=O) groups is 2. The highest BCUT2D eigenvalue weighted by Gasteiger charge is 2.48. The predicted molar refractivity (Wildman–Crippen MR) is 164 cm³/mol. The van der Waals surface area contributed by atoms with Gasteiger partial charge < -0.3 is 24.6 Å². The largest absolute Gasteiger partial charge is 0.493 e. The van der Waals surface area contributed by atoms with Crippen LogP contribution in [0.3, 0.4) is 0 Å². The molecular weight excluding hydrogens is 568 g/mol. The van der Waals surface area contributed by atoms with Crippen LogP contribution < -0.4 is 19.5 Å². The first-order chi connectivity index (χ1) is 20.8. The van der Waals surface area contributed by atoms with Gasteiger partial charge in [-0.1, -0.05) is 43.6 Å². The smallest absolute Gasteiger partial charge is 0.309 e. The molecule has 2 heterocycles. The van der Waals surface area contributed by atoms with Gasteiger partial charge in [-0.15, -0.1) is 0 Å². The van der Waals surface area contributed by atoms with Crippen LogP contribution in [0, 0.1) is 11.8 Å². The minimum absolute atomic E-state index is 0.0321. The third-order valence-corrected chi connectivity index (χ3v) is 8.97. The number of carboxylic acid groups (broad SMARTS) is 1. The van der Waals surface area contributed by atoms with Crippen LogP contribution in [-0.4, -0.2) is 48.4 Å². The molecule has 9 heteroatoms. The van der Waals surface area contributed by atoms with Gasteiger partial charge in [0.1, 0.15) is 5.75 Å². The van der Waals surface area contributed by atoms with Crippen molar-refractivity contribution in [2.45, 2.75) is 51.5 Å². The van der Waals surface area contributed by atoms with E-state index in [1.165, 1.54) is 12.8 Å². The summed E-state index contributed by atoms with van der Waals surface area (Å²) in [6, 6.07) is 16.5. The molecule has 3 aliphatic rings. The van der Waals surface area contributed by atoms with Crippen molar-refractivity contribution in [2.75, 3.05) is 31.8 Å². The number of nitrogens with zero attached hydrogens (tertiary/aromatic N) is 1. The number of aliphatic carboxylic acids is 1. The summed E-state index contributed by atoms with van der Waals surface area (Å²) >= 11 is 6.34. The fraction of sp³-hybridized carbons (Fsp3) is 0.412. The Hall–Kier alpha value is -3.75. The van der Waals surface area contributed by atoms with Crippen molar-refractivity contribution in [3.8, 4) is 17.2 Å². The van der Waals surface area contributed by atoms with E-state index in [9.17, 15) is 14.7 Å². The number of amides is 1. The molecule has 0 spiro atoms. The van der Waals surface area contributed by atoms with Crippen molar-refractivity contribution >= 4 is 29.2 Å². The summed E-state index contributed by atoms with van der Waals surface area (Å²) in [7, 11) is 0. The zero-order valence-corrected chi connectivity index (χ0v) is 25.2. The van der Waals surface area contributed by atoms with Gasteiger partial charge in [0.05, 0.1) is 19.1 Å². The van der Waals surface area contributed by atoms with Crippen LogP contribution in [0.15, 0.2) is 54.6 Å². The normalized spacial score (nSPS) is 21.1. The number of likely N-dealkylation sites (tertiary alicyclic amines) is 1. The van der Waals surface area contributed by atoms with E-state index in [1.54, 1.807) is 0 Å². The van der Waals surface area contributed by atoms with Gasteiger partial charge in [0.15, 0.2) is 11.5 Å². The molecule has 3 atom stereocenters. The lowest BCUT2D eigenvalue weighted by molar-refractivity contribution is -0.143. The lowest BCUT2D eigenvalue weighted by Crippen LogP contribution is -2.35. The van der Waals surface area contributed by atoms with Gasteiger partial charge in [0, 0.05) is 29.2 Å². The maximum absolute atomic E-state index is 13.7. The van der Waals surface area contributed by atoms with Crippen LogP contribution in [-0.2, 0) is 22.4 Å². The highest BCUT2D eigenvalue weighted by molar-refractivity contribution is 6.30. The number of aryl methyl sites for hydroxylation is 2. The lowest BCUT2D eigenvalue weighted by Gasteiger charge is -2.27. The number of fused-ring (bicyclic) bond motifs is 1.